The quantitative estimate of drug-likeness (QED) is 0.238. The molecule has 1 aromatic heterocycles. The van der Waals surface area contributed by atoms with E-state index in [1.165, 1.54) is 66.0 Å². The number of benzene rings is 3. The van der Waals surface area contributed by atoms with Gasteiger partial charge in [-0.1, -0.05) is 88.1 Å². The average Bonchev–Trinajstić information content (AvgIpc) is 3.48. The molecule has 38 heavy (non-hydrogen) atoms. The maximum atomic E-state index is 9.39. The van der Waals surface area contributed by atoms with Crippen molar-refractivity contribution in [2.45, 2.75) is 83.9 Å². The van der Waals surface area contributed by atoms with Crippen LogP contribution in [0.5, 0.6) is 0 Å². The molecule has 1 nitrogen and oxygen atoms in total. The van der Waals surface area contributed by atoms with Gasteiger partial charge in [0.1, 0.15) is 7.05 Å². The Morgan fingerprint density at radius 3 is 2.21 bits per heavy atom. The molecule has 2 aliphatic rings. The number of hydrogen-bond donors (Lipinski definition) is 0. The smallest absolute Gasteiger partial charge is 0.201 e. The van der Waals surface area contributed by atoms with Crippen molar-refractivity contribution in [1.82, 2.24) is 0 Å². The first-order chi connectivity index (χ1) is 19.1. The Morgan fingerprint density at radius 2 is 1.47 bits per heavy atom. The van der Waals surface area contributed by atoms with E-state index >= 15 is 0 Å². The molecule has 0 atom stereocenters. The summed E-state index contributed by atoms with van der Waals surface area (Å²) in [5.74, 6) is 0.577. The number of aromatic nitrogens is 1. The molecule has 0 N–H and O–H groups in total. The maximum absolute atomic E-state index is 9.39. The molecule has 0 unspecified atom stereocenters. The van der Waals surface area contributed by atoms with Crippen LogP contribution < -0.4 is 4.57 Å². The van der Waals surface area contributed by atoms with Crippen molar-refractivity contribution >= 4 is 10.8 Å². The van der Waals surface area contributed by atoms with Crippen LogP contribution in [0.4, 0.5) is 0 Å². The number of pyridine rings is 1. The summed E-state index contributed by atoms with van der Waals surface area (Å²) in [7, 11) is 2.08. The van der Waals surface area contributed by atoms with Gasteiger partial charge in [0, 0.05) is 19.9 Å². The van der Waals surface area contributed by atoms with E-state index in [9.17, 15) is 1.37 Å². The second-order valence-corrected chi connectivity index (χ2v) is 12.2. The van der Waals surface area contributed by atoms with E-state index in [1.54, 1.807) is 0 Å². The lowest BCUT2D eigenvalue weighted by Gasteiger charge is -2.32. The van der Waals surface area contributed by atoms with E-state index in [4.69, 9.17) is 1.37 Å². The zero-order chi connectivity index (χ0) is 28.1. The van der Waals surface area contributed by atoms with Gasteiger partial charge in [-0.3, -0.25) is 0 Å². The highest BCUT2D eigenvalue weighted by Gasteiger charge is 2.30. The fraction of sp³-hybridized carbons (Fsp3) is 0.432. The number of rotatable bonds is 5. The van der Waals surface area contributed by atoms with Gasteiger partial charge in [-0.2, -0.15) is 0 Å². The Bertz CT molecular complexity index is 1530. The van der Waals surface area contributed by atoms with Gasteiger partial charge in [0.15, 0.2) is 6.20 Å². The van der Waals surface area contributed by atoms with E-state index in [1.807, 2.05) is 13.8 Å². The fourth-order valence-electron chi connectivity index (χ4n) is 7.22. The van der Waals surface area contributed by atoms with Gasteiger partial charge in [0.05, 0.1) is 0 Å². The van der Waals surface area contributed by atoms with E-state index in [2.05, 4.69) is 91.5 Å². The highest BCUT2D eigenvalue weighted by atomic mass is 14.9. The van der Waals surface area contributed by atoms with Gasteiger partial charge in [0.25, 0.3) is 0 Å². The molecule has 6 rings (SSSR count). The minimum Gasteiger partial charge on any atom is -0.201 e. The van der Waals surface area contributed by atoms with Crippen LogP contribution in [0.2, 0.25) is 0 Å². The molecular formula is C37H44N+. The topological polar surface area (TPSA) is 3.88 Å². The van der Waals surface area contributed by atoms with Crippen LogP contribution in [0.25, 0.3) is 33.2 Å². The molecule has 1 heteroatoms. The summed E-state index contributed by atoms with van der Waals surface area (Å²) in [4.78, 5) is 0. The molecule has 1 heterocycles. The number of fused-ring (bicyclic) bond motifs is 1. The van der Waals surface area contributed by atoms with Crippen LogP contribution in [0.3, 0.4) is 0 Å². The highest BCUT2D eigenvalue weighted by Crippen LogP contribution is 2.44. The van der Waals surface area contributed by atoms with Crippen LogP contribution in [0.1, 0.15) is 96.4 Å². The van der Waals surface area contributed by atoms with Crippen LogP contribution >= 0.6 is 0 Å². The molecule has 196 valence electrons. The van der Waals surface area contributed by atoms with Crippen LogP contribution in [0, 0.1) is 18.8 Å². The molecule has 2 aliphatic carbocycles. The molecule has 0 amide bonds. The van der Waals surface area contributed by atoms with Crippen molar-refractivity contribution in [2.24, 2.45) is 18.9 Å². The van der Waals surface area contributed by atoms with Crippen LogP contribution in [-0.4, -0.2) is 0 Å². The monoisotopic (exact) mass is 504 g/mol. The SMILES string of the molecule is [2H]C(C)(C)c1c[n+](C)c(-c2ccccc2C)cc1-c1ccc2cc(C3([2H])CCC(C4CCCC4)CC3)ccc2c1. The first-order valence-electron chi connectivity index (χ1n) is 15.8. The van der Waals surface area contributed by atoms with E-state index in [-0.39, 0.29) is 0 Å². The summed E-state index contributed by atoms with van der Waals surface area (Å²) in [5, 5.41) is 2.40. The molecule has 0 bridgehead atoms. The lowest BCUT2D eigenvalue weighted by atomic mass is 9.73. The molecule has 0 saturated heterocycles. The zero-order valence-corrected chi connectivity index (χ0v) is 23.7. The fourth-order valence-corrected chi connectivity index (χ4v) is 7.22. The van der Waals surface area contributed by atoms with Crippen molar-refractivity contribution < 1.29 is 7.31 Å². The molecule has 0 spiro atoms. The minimum atomic E-state index is -0.731. The predicted octanol–water partition coefficient (Wildman–Crippen LogP) is 9.89. The maximum Gasteiger partial charge on any atom is 0.213 e. The Hall–Kier alpha value is -2.93. The zero-order valence-electron chi connectivity index (χ0n) is 25.7. The van der Waals surface area contributed by atoms with Gasteiger partial charge in [0.2, 0.25) is 5.69 Å². The standard InChI is InChI=1S/C37H44N/c1-25(2)36-24-38(4)37(34-12-8-5-9-26(34)3)23-35(36)33-20-19-31-21-30(17-18-32(31)22-33)29-15-13-28(14-16-29)27-10-6-7-11-27/h5,8-9,12,17-25,27-29H,6-7,10-11,13-16H2,1-4H3/q+1/i25D,29D. The van der Waals surface area contributed by atoms with Crippen molar-refractivity contribution in [1.29, 1.82) is 0 Å². The molecule has 0 radical (unpaired) electrons. The van der Waals surface area contributed by atoms with Crippen molar-refractivity contribution in [3.05, 3.63) is 89.6 Å². The van der Waals surface area contributed by atoms with Gasteiger partial charge >= 0.3 is 0 Å². The summed E-state index contributed by atoms with van der Waals surface area (Å²) >= 11 is 0. The van der Waals surface area contributed by atoms with E-state index in [0.29, 0.717) is 0 Å². The third-order valence-corrected chi connectivity index (χ3v) is 9.49. The molecule has 0 aliphatic heterocycles. The first kappa shape index (κ1) is 23.0. The normalized spacial score (nSPS) is 23.4. The van der Waals surface area contributed by atoms with E-state index in [0.717, 1.165) is 47.1 Å². The van der Waals surface area contributed by atoms with Gasteiger partial charge in [-0.25, -0.2) is 4.57 Å². The van der Waals surface area contributed by atoms with Gasteiger partial charge < -0.3 is 0 Å². The third-order valence-electron chi connectivity index (χ3n) is 9.49. The Balaban J connectivity index is 1.35. The summed E-state index contributed by atoms with van der Waals surface area (Å²) in [6, 6.07) is 24.2. The Labute approximate surface area is 232 Å². The first-order valence-corrected chi connectivity index (χ1v) is 14.8. The molecule has 3 aromatic carbocycles. The van der Waals surface area contributed by atoms with Crippen molar-refractivity contribution in [2.75, 3.05) is 0 Å². The van der Waals surface area contributed by atoms with Crippen molar-refractivity contribution in [3.63, 3.8) is 0 Å². The molecule has 2 fully saturated rings. The summed E-state index contributed by atoms with van der Waals surface area (Å²) < 4.78 is 20.5. The summed E-state index contributed by atoms with van der Waals surface area (Å²) in [6.07, 6.45) is 12.2. The largest absolute Gasteiger partial charge is 0.213 e. The van der Waals surface area contributed by atoms with Crippen LogP contribution in [0.15, 0.2) is 72.9 Å². The molecular weight excluding hydrogens is 458 g/mol. The second kappa shape index (κ2) is 10.7. The Morgan fingerprint density at radius 1 is 0.789 bits per heavy atom. The minimum absolute atomic E-state index is 0.457. The predicted molar refractivity (Wildman–Crippen MR) is 161 cm³/mol. The van der Waals surface area contributed by atoms with E-state index < -0.39 is 11.8 Å². The average molecular weight is 505 g/mol. The molecule has 4 aromatic rings. The number of hydrogen-bond acceptors (Lipinski definition) is 0. The summed E-state index contributed by atoms with van der Waals surface area (Å²) in [5.41, 5.74) is 8.07. The van der Waals surface area contributed by atoms with Crippen molar-refractivity contribution in [3.8, 4) is 22.4 Å². The van der Waals surface area contributed by atoms with Gasteiger partial charge in [-0.05, 0) is 101 Å². The molecule has 2 saturated carbocycles. The van der Waals surface area contributed by atoms with Gasteiger partial charge in [-0.15, -0.1) is 0 Å². The summed E-state index contributed by atoms with van der Waals surface area (Å²) in [6.45, 7) is 6.11. The highest BCUT2D eigenvalue weighted by molar-refractivity contribution is 5.89. The van der Waals surface area contributed by atoms with Crippen LogP contribution in [-0.2, 0) is 7.05 Å². The lowest BCUT2D eigenvalue weighted by molar-refractivity contribution is -0.660. The lowest BCUT2D eigenvalue weighted by Crippen LogP contribution is -2.32. The second-order valence-electron chi connectivity index (χ2n) is 12.2. The number of aryl methyl sites for hydroxylation is 2. The third kappa shape index (κ3) is 4.93. The number of nitrogens with zero attached hydrogens (tertiary/aromatic N) is 1. The Kier molecular flexibility index (Phi) is 6.46.